The minimum Gasteiger partial charge on any atom is -0.497 e. The van der Waals surface area contributed by atoms with Crippen molar-refractivity contribution in [3.8, 4) is 5.75 Å². The van der Waals surface area contributed by atoms with Crippen molar-refractivity contribution in [1.29, 1.82) is 0 Å². The Labute approximate surface area is 197 Å². The van der Waals surface area contributed by atoms with Gasteiger partial charge in [-0.15, -0.1) is 0 Å². The second-order valence-electron chi connectivity index (χ2n) is 8.74. The molecule has 3 aromatic carbocycles. The Balaban J connectivity index is 1.58. The Morgan fingerprint density at radius 1 is 0.882 bits per heavy atom. The average molecular weight is 456 g/mol. The summed E-state index contributed by atoms with van der Waals surface area (Å²) in [7, 11) is 1.57. The molecule has 0 unspecified atom stereocenters. The van der Waals surface area contributed by atoms with Crippen molar-refractivity contribution in [3.05, 3.63) is 95.1 Å². The molecule has 0 aliphatic carbocycles. The van der Waals surface area contributed by atoms with Crippen molar-refractivity contribution in [2.24, 2.45) is 5.92 Å². The highest BCUT2D eigenvalue weighted by Gasteiger charge is 2.60. The number of amides is 3. The molecular formula is C27H25N3O4. The molecule has 0 spiro atoms. The van der Waals surface area contributed by atoms with Gasteiger partial charge in [0, 0.05) is 5.56 Å². The summed E-state index contributed by atoms with van der Waals surface area (Å²) in [5.41, 5.74) is 6.93. The predicted octanol–water partition coefficient (Wildman–Crippen LogP) is 3.57. The fourth-order valence-electron chi connectivity index (χ4n) is 4.67. The van der Waals surface area contributed by atoms with Gasteiger partial charge in [0.1, 0.15) is 11.8 Å². The van der Waals surface area contributed by atoms with Crippen molar-refractivity contribution in [1.82, 2.24) is 10.4 Å². The zero-order chi connectivity index (χ0) is 24.0. The maximum atomic E-state index is 13.7. The summed E-state index contributed by atoms with van der Waals surface area (Å²) in [6.45, 7) is 3.88. The van der Waals surface area contributed by atoms with Crippen LogP contribution in [0.4, 0.5) is 5.69 Å². The van der Waals surface area contributed by atoms with Gasteiger partial charge in [-0.05, 0) is 55.8 Å². The molecule has 2 fully saturated rings. The van der Waals surface area contributed by atoms with Gasteiger partial charge in [0.2, 0.25) is 5.91 Å². The van der Waals surface area contributed by atoms with Gasteiger partial charge in [0.25, 0.3) is 11.8 Å². The van der Waals surface area contributed by atoms with E-state index in [9.17, 15) is 14.4 Å². The first kappa shape index (κ1) is 21.9. The van der Waals surface area contributed by atoms with Gasteiger partial charge in [0.15, 0.2) is 0 Å². The molecular weight excluding hydrogens is 430 g/mol. The van der Waals surface area contributed by atoms with E-state index in [-0.39, 0.29) is 11.8 Å². The average Bonchev–Trinajstić information content (AvgIpc) is 3.36. The lowest BCUT2D eigenvalue weighted by Gasteiger charge is -2.25. The van der Waals surface area contributed by atoms with Crippen LogP contribution in [0.25, 0.3) is 0 Å². The molecule has 0 bridgehead atoms. The molecule has 34 heavy (non-hydrogen) atoms. The summed E-state index contributed by atoms with van der Waals surface area (Å²) >= 11 is 0. The number of hydrazine groups is 1. The summed E-state index contributed by atoms with van der Waals surface area (Å²) in [5, 5.41) is 1.33. The Hall–Kier alpha value is -3.97. The molecule has 1 N–H and O–H groups in total. The number of methoxy groups -OCH3 is 1. The summed E-state index contributed by atoms with van der Waals surface area (Å²) < 4.78 is 5.36. The molecule has 0 aromatic heterocycles. The molecule has 2 aliphatic rings. The Kier molecular flexibility index (Phi) is 5.42. The first-order valence-electron chi connectivity index (χ1n) is 11.1. The van der Waals surface area contributed by atoms with E-state index in [2.05, 4.69) is 5.43 Å². The van der Waals surface area contributed by atoms with E-state index in [1.165, 1.54) is 9.91 Å². The maximum absolute atomic E-state index is 13.7. The van der Waals surface area contributed by atoms with Crippen LogP contribution in [0.15, 0.2) is 72.8 Å². The van der Waals surface area contributed by atoms with Gasteiger partial charge < -0.3 is 4.74 Å². The number of nitrogens with zero attached hydrogens (tertiary/aromatic N) is 2. The van der Waals surface area contributed by atoms with Crippen molar-refractivity contribution in [2.75, 3.05) is 12.0 Å². The lowest BCUT2D eigenvalue weighted by Crippen LogP contribution is -2.48. The number of hydrogen-bond acceptors (Lipinski definition) is 5. The number of rotatable bonds is 4. The number of aryl methyl sites for hydroxylation is 2. The van der Waals surface area contributed by atoms with Crippen molar-refractivity contribution < 1.29 is 19.1 Å². The topological polar surface area (TPSA) is 79.0 Å². The summed E-state index contributed by atoms with van der Waals surface area (Å²) in [6.07, 6.45) is 0. The van der Waals surface area contributed by atoms with Gasteiger partial charge in [-0.2, -0.15) is 0 Å². The van der Waals surface area contributed by atoms with Crippen molar-refractivity contribution in [2.45, 2.75) is 25.9 Å². The number of carbonyl (C=O) groups is 3. The molecule has 3 aromatic rings. The molecule has 0 radical (unpaired) electrons. The van der Waals surface area contributed by atoms with Gasteiger partial charge in [-0.3, -0.25) is 19.4 Å². The summed E-state index contributed by atoms with van der Waals surface area (Å²) in [6, 6.07) is 20.2. The second kappa shape index (κ2) is 8.43. The quantitative estimate of drug-likeness (QED) is 0.609. The van der Waals surface area contributed by atoms with Crippen LogP contribution in [-0.4, -0.2) is 35.9 Å². The van der Waals surface area contributed by atoms with E-state index < -0.39 is 23.9 Å². The van der Waals surface area contributed by atoms with Gasteiger partial charge in [0.05, 0.1) is 24.8 Å². The minimum absolute atomic E-state index is 0.335. The molecule has 7 heteroatoms. The van der Waals surface area contributed by atoms with E-state index in [0.29, 0.717) is 17.0 Å². The largest absolute Gasteiger partial charge is 0.497 e. The van der Waals surface area contributed by atoms with Crippen LogP contribution in [0, 0.1) is 19.8 Å². The van der Waals surface area contributed by atoms with Crippen LogP contribution >= 0.6 is 0 Å². The SMILES string of the molecule is COc1cccc([C@@H]2NN(C(=O)c3ccc(C)cc3)[C@@H]3C(=O)N(c4ccc(C)cc4)C(=O)[C@H]32)c1. The van der Waals surface area contributed by atoms with Gasteiger partial charge >= 0.3 is 0 Å². The van der Waals surface area contributed by atoms with Crippen LogP contribution in [0.3, 0.4) is 0 Å². The number of fused-ring (bicyclic) bond motifs is 1. The van der Waals surface area contributed by atoms with Gasteiger partial charge in [-0.25, -0.2) is 10.3 Å². The van der Waals surface area contributed by atoms with Crippen molar-refractivity contribution in [3.63, 3.8) is 0 Å². The van der Waals surface area contributed by atoms with Crippen LogP contribution in [0.1, 0.15) is 33.1 Å². The molecule has 172 valence electrons. The van der Waals surface area contributed by atoms with Gasteiger partial charge in [-0.1, -0.05) is 47.5 Å². The highest BCUT2D eigenvalue weighted by Crippen LogP contribution is 2.42. The molecule has 0 saturated carbocycles. The number of hydrogen-bond donors (Lipinski definition) is 1. The Morgan fingerprint density at radius 3 is 2.18 bits per heavy atom. The molecule has 5 rings (SSSR count). The second-order valence-corrected chi connectivity index (χ2v) is 8.74. The third-order valence-corrected chi connectivity index (χ3v) is 6.50. The first-order chi connectivity index (χ1) is 16.4. The van der Waals surface area contributed by atoms with Crippen LogP contribution in [-0.2, 0) is 9.59 Å². The van der Waals surface area contributed by atoms with E-state index in [1.807, 2.05) is 62.4 Å². The smallest absolute Gasteiger partial charge is 0.268 e. The van der Waals surface area contributed by atoms with E-state index in [4.69, 9.17) is 4.74 Å². The minimum atomic E-state index is -0.959. The number of ether oxygens (including phenoxy) is 1. The lowest BCUT2D eigenvalue weighted by molar-refractivity contribution is -0.123. The standard InChI is InChI=1S/C27H25N3O4/c1-16-7-11-18(12-8-16)25(31)30-24-22(23(28-30)19-5-4-6-21(15-19)34-3)26(32)29(27(24)33)20-13-9-17(2)10-14-20/h4-15,22-24,28H,1-3H3/t22-,23-,24-/m0/s1. The van der Waals surface area contributed by atoms with Crippen molar-refractivity contribution >= 4 is 23.4 Å². The Bertz CT molecular complexity index is 1270. The predicted molar refractivity (Wildman–Crippen MR) is 127 cm³/mol. The number of imide groups is 1. The third kappa shape index (κ3) is 3.54. The Morgan fingerprint density at radius 2 is 1.53 bits per heavy atom. The maximum Gasteiger partial charge on any atom is 0.268 e. The lowest BCUT2D eigenvalue weighted by atomic mass is 9.90. The molecule has 7 nitrogen and oxygen atoms in total. The number of anilines is 1. The number of nitrogens with one attached hydrogen (secondary N) is 1. The van der Waals surface area contributed by atoms with Crippen LogP contribution in [0.5, 0.6) is 5.75 Å². The third-order valence-electron chi connectivity index (χ3n) is 6.50. The molecule has 3 atom stereocenters. The van der Waals surface area contributed by atoms with E-state index in [0.717, 1.165) is 16.7 Å². The van der Waals surface area contributed by atoms with Crippen LogP contribution in [0.2, 0.25) is 0 Å². The molecule has 2 saturated heterocycles. The first-order valence-corrected chi connectivity index (χ1v) is 11.1. The highest BCUT2D eigenvalue weighted by atomic mass is 16.5. The zero-order valence-electron chi connectivity index (χ0n) is 19.2. The molecule has 2 heterocycles. The number of carbonyl (C=O) groups excluding carboxylic acids is 3. The normalized spacial score (nSPS) is 21.7. The van der Waals surface area contributed by atoms with Crippen LogP contribution < -0.4 is 15.1 Å². The van der Waals surface area contributed by atoms with E-state index >= 15 is 0 Å². The monoisotopic (exact) mass is 455 g/mol. The van der Waals surface area contributed by atoms with E-state index in [1.54, 1.807) is 31.4 Å². The molecule has 2 aliphatic heterocycles. The molecule has 3 amide bonds. The zero-order valence-corrected chi connectivity index (χ0v) is 19.2. The number of benzene rings is 3. The fraction of sp³-hybridized carbons (Fsp3) is 0.222. The summed E-state index contributed by atoms with van der Waals surface area (Å²) in [5.74, 6) is -1.25. The fourth-order valence-corrected chi connectivity index (χ4v) is 4.67. The highest BCUT2D eigenvalue weighted by molar-refractivity contribution is 6.25. The summed E-state index contributed by atoms with van der Waals surface area (Å²) in [4.78, 5) is 42.0.